The summed E-state index contributed by atoms with van der Waals surface area (Å²) in [6.07, 6.45) is 0.0163. The fourth-order valence-electron chi connectivity index (χ4n) is 1.89. The average Bonchev–Trinajstić information content (AvgIpc) is 2.86. The summed E-state index contributed by atoms with van der Waals surface area (Å²) in [6.45, 7) is 0. The molecule has 1 nitrogen and oxygen atoms in total. The number of carbonyl (C=O) groups excluding carboxylic acids is 1. The van der Waals surface area contributed by atoms with Crippen LogP contribution in [0, 0.1) is 11.6 Å². The number of halogens is 2. The molecule has 96 valence electrons. The van der Waals surface area contributed by atoms with Gasteiger partial charge >= 0.3 is 0 Å². The molecule has 3 rings (SSSR count). The number of fused-ring (bicyclic) bond motifs is 1. The maximum Gasteiger partial charge on any atom is 0.177 e. The van der Waals surface area contributed by atoms with Crippen molar-refractivity contribution in [3.63, 3.8) is 0 Å². The van der Waals surface area contributed by atoms with Crippen LogP contribution in [0.2, 0.25) is 0 Å². The van der Waals surface area contributed by atoms with Gasteiger partial charge in [0.25, 0.3) is 0 Å². The number of hydrogen-bond donors (Lipinski definition) is 0. The van der Waals surface area contributed by atoms with Gasteiger partial charge < -0.3 is 0 Å². The second-order valence-corrected chi connectivity index (χ2v) is 6.17. The summed E-state index contributed by atoms with van der Waals surface area (Å²) >= 11 is 2.99. The predicted molar refractivity (Wildman–Crippen MR) is 74.1 cm³/mol. The van der Waals surface area contributed by atoms with Gasteiger partial charge in [0, 0.05) is 21.9 Å². The van der Waals surface area contributed by atoms with Gasteiger partial charge in [-0.05, 0) is 35.2 Å². The Hall–Kier alpha value is -1.59. The van der Waals surface area contributed by atoms with Gasteiger partial charge in [0.05, 0.1) is 4.88 Å². The Bertz CT molecular complexity index is 709. The molecule has 0 aliphatic rings. The Labute approximate surface area is 116 Å². The van der Waals surface area contributed by atoms with E-state index >= 15 is 0 Å². The summed E-state index contributed by atoms with van der Waals surface area (Å²) in [5.74, 6) is -1.43. The van der Waals surface area contributed by atoms with Gasteiger partial charge in [-0.3, -0.25) is 4.79 Å². The highest BCUT2D eigenvalue weighted by atomic mass is 32.1. The molecule has 1 aromatic carbocycles. The van der Waals surface area contributed by atoms with Gasteiger partial charge in [-0.15, -0.1) is 22.7 Å². The molecular formula is C14H8F2OS2. The van der Waals surface area contributed by atoms with Crippen LogP contribution in [0.25, 0.3) is 9.40 Å². The maximum atomic E-state index is 13.1. The van der Waals surface area contributed by atoms with E-state index in [4.69, 9.17) is 0 Å². The lowest BCUT2D eigenvalue weighted by Gasteiger charge is -2.00. The highest BCUT2D eigenvalue weighted by Crippen LogP contribution is 2.30. The number of hydrogen-bond acceptors (Lipinski definition) is 3. The summed E-state index contributed by atoms with van der Waals surface area (Å²) in [6, 6.07) is 6.98. The van der Waals surface area contributed by atoms with Crippen molar-refractivity contribution in [2.45, 2.75) is 6.42 Å². The molecule has 0 aliphatic carbocycles. The van der Waals surface area contributed by atoms with E-state index in [2.05, 4.69) is 0 Å². The average molecular weight is 294 g/mol. The molecule has 0 bridgehead atoms. The number of ketones is 1. The van der Waals surface area contributed by atoms with Crippen LogP contribution in [0.3, 0.4) is 0 Å². The molecule has 2 aromatic heterocycles. The number of Topliss-reactive ketones (excluding diaryl/α,β-unsaturated/α-hetero) is 1. The molecule has 0 saturated carbocycles. The first-order valence-corrected chi connectivity index (χ1v) is 7.26. The van der Waals surface area contributed by atoms with Crippen LogP contribution in [-0.4, -0.2) is 5.78 Å². The van der Waals surface area contributed by atoms with Crippen LogP contribution in [-0.2, 0) is 6.42 Å². The molecule has 0 unspecified atom stereocenters. The molecular weight excluding hydrogens is 286 g/mol. The first-order chi connectivity index (χ1) is 9.11. The molecule has 0 atom stereocenters. The fraction of sp³-hybridized carbons (Fsp3) is 0.0714. The third kappa shape index (κ3) is 2.57. The molecule has 0 spiro atoms. The van der Waals surface area contributed by atoms with E-state index in [9.17, 15) is 13.6 Å². The minimum absolute atomic E-state index is 0.0163. The Morgan fingerprint density at radius 3 is 2.47 bits per heavy atom. The van der Waals surface area contributed by atoms with Gasteiger partial charge in [-0.1, -0.05) is 0 Å². The Balaban J connectivity index is 1.86. The monoisotopic (exact) mass is 294 g/mol. The first kappa shape index (κ1) is 12.4. The molecule has 0 saturated heterocycles. The fourth-order valence-corrected chi connectivity index (χ4v) is 3.93. The van der Waals surface area contributed by atoms with Gasteiger partial charge in [-0.25, -0.2) is 8.78 Å². The van der Waals surface area contributed by atoms with E-state index in [1.165, 1.54) is 23.5 Å². The predicted octanol–water partition coefficient (Wildman–Crippen LogP) is 4.67. The van der Waals surface area contributed by atoms with Crippen molar-refractivity contribution in [1.82, 2.24) is 0 Å². The van der Waals surface area contributed by atoms with Crippen molar-refractivity contribution in [2.24, 2.45) is 0 Å². The molecule has 5 heteroatoms. The number of rotatable bonds is 3. The molecule has 3 aromatic rings. The van der Waals surface area contributed by atoms with Crippen molar-refractivity contribution in [3.05, 3.63) is 57.8 Å². The summed E-state index contributed by atoms with van der Waals surface area (Å²) in [5, 5.41) is 1.97. The number of benzene rings is 1. The molecule has 0 amide bonds. The summed E-state index contributed by atoms with van der Waals surface area (Å²) in [5.41, 5.74) is 0.360. The van der Waals surface area contributed by atoms with Crippen molar-refractivity contribution in [2.75, 3.05) is 0 Å². The SMILES string of the molecule is O=C(Cc1cc(F)cc(F)c1)c1cc2sccc2s1. The first-order valence-electron chi connectivity index (χ1n) is 5.57. The van der Waals surface area contributed by atoms with Crippen molar-refractivity contribution < 1.29 is 13.6 Å². The molecule has 0 N–H and O–H groups in total. The molecule has 0 radical (unpaired) electrons. The van der Waals surface area contributed by atoms with E-state index in [1.807, 2.05) is 17.5 Å². The van der Waals surface area contributed by atoms with E-state index in [-0.39, 0.29) is 12.2 Å². The largest absolute Gasteiger partial charge is 0.293 e. The summed E-state index contributed by atoms with van der Waals surface area (Å²) in [4.78, 5) is 12.7. The lowest BCUT2D eigenvalue weighted by atomic mass is 10.1. The second kappa shape index (κ2) is 4.83. The molecule has 0 fully saturated rings. The second-order valence-electron chi connectivity index (χ2n) is 4.14. The van der Waals surface area contributed by atoms with Crippen LogP contribution in [0.4, 0.5) is 8.78 Å². The maximum absolute atomic E-state index is 13.1. The minimum Gasteiger partial charge on any atom is -0.293 e. The Kier molecular flexibility index (Phi) is 3.16. The van der Waals surface area contributed by atoms with Crippen LogP contribution in [0.15, 0.2) is 35.7 Å². The number of thiophene rings is 2. The van der Waals surface area contributed by atoms with Crippen molar-refractivity contribution >= 4 is 37.9 Å². The molecule has 0 aliphatic heterocycles. The van der Waals surface area contributed by atoms with Crippen LogP contribution in [0.1, 0.15) is 15.2 Å². The number of carbonyl (C=O) groups is 1. The van der Waals surface area contributed by atoms with Crippen molar-refractivity contribution in [1.29, 1.82) is 0 Å². The standard InChI is InChI=1S/C14H8F2OS2/c15-9-3-8(4-10(16)6-9)5-11(17)13-7-14-12(19-13)1-2-18-14/h1-4,6-7H,5H2. The smallest absolute Gasteiger partial charge is 0.177 e. The van der Waals surface area contributed by atoms with Crippen molar-refractivity contribution in [3.8, 4) is 0 Å². The van der Waals surface area contributed by atoms with Crippen LogP contribution in [0.5, 0.6) is 0 Å². The Morgan fingerprint density at radius 1 is 1.05 bits per heavy atom. The van der Waals surface area contributed by atoms with Gasteiger partial charge in [-0.2, -0.15) is 0 Å². The van der Waals surface area contributed by atoms with Crippen LogP contribution >= 0.6 is 22.7 Å². The summed E-state index contributed by atoms with van der Waals surface area (Å²) < 4.78 is 28.2. The van der Waals surface area contributed by atoms with Gasteiger partial charge in [0.2, 0.25) is 0 Å². The molecule has 2 heterocycles. The Morgan fingerprint density at radius 2 is 1.79 bits per heavy atom. The van der Waals surface area contributed by atoms with E-state index in [0.717, 1.165) is 15.5 Å². The highest BCUT2D eigenvalue weighted by Gasteiger charge is 2.13. The lowest BCUT2D eigenvalue weighted by molar-refractivity contribution is 0.0997. The van der Waals surface area contributed by atoms with Crippen LogP contribution < -0.4 is 0 Å². The van der Waals surface area contributed by atoms with E-state index < -0.39 is 11.6 Å². The third-order valence-electron chi connectivity index (χ3n) is 2.70. The van der Waals surface area contributed by atoms with Gasteiger partial charge in [0.15, 0.2) is 5.78 Å². The lowest BCUT2D eigenvalue weighted by Crippen LogP contribution is -2.02. The van der Waals surface area contributed by atoms with E-state index in [0.29, 0.717) is 10.4 Å². The molecule has 19 heavy (non-hydrogen) atoms. The quantitative estimate of drug-likeness (QED) is 0.642. The zero-order chi connectivity index (χ0) is 13.4. The summed E-state index contributed by atoms with van der Waals surface area (Å²) in [7, 11) is 0. The third-order valence-corrected chi connectivity index (χ3v) is 4.84. The topological polar surface area (TPSA) is 17.1 Å². The van der Waals surface area contributed by atoms with Gasteiger partial charge in [0.1, 0.15) is 11.6 Å². The normalized spacial score (nSPS) is 11.1. The zero-order valence-corrected chi connectivity index (χ0v) is 11.3. The van der Waals surface area contributed by atoms with E-state index in [1.54, 1.807) is 11.3 Å². The highest BCUT2D eigenvalue weighted by molar-refractivity contribution is 7.27. The zero-order valence-electron chi connectivity index (χ0n) is 9.65. The minimum atomic E-state index is -0.657.